The van der Waals surface area contributed by atoms with E-state index in [0.29, 0.717) is 30.3 Å². The van der Waals surface area contributed by atoms with Gasteiger partial charge in [0.15, 0.2) is 0 Å². The molecule has 2 aromatic rings. The maximum Gasteiger partial charge on any atom is 0.240 e. The summed E-state index contributed by atoms with van der Waals surface area (Å²) in [5.41, 5.74) is 0.937. The van der Waals surface area contributed by atoms with E-state index in [9.17, 15) is 13.2 Å². The van der Waals surface area contributed by atoms with Crippen LogP contribution in [-0.4, -0.2) is 47.8 Å². The summed E-state index contributed by atoms with van der Waals surface area (Å²) < 4.78 is 27.9. The molecule has 0 atom stereocenters. The van der Waals surface area contributed by atoms with Crippen molar-refractivity contribution in [2.24, 2.45) is 0 Å². The fraction of sp³-hybridized carbons (Fsp3) is 0.550. The number of nitrogens with zero attached hydrogens (tertiary/aromatic N) is 2. The number of hydrogen-bond acceptors (Lipinski definition) is 6. The minimum Gasteiger partial charge on any atom is -0.355 e. The molecule has 10 heteroatoms. The first-order chi connectivity index (χ1) is 14.4. The highest BCUT2D eigenvalue weighted by atomic mass is 32.2. The summed E-state index contributed by atoms with van der Waals surface area (Å²) in [6.07, 6.45) is 6.07. The largest absolute Gasteiger partial charge is 0.355 e. The maximum absolute atomic E-state index is 12.5. The number of rotatable bonds is 10. The smallest absolute Gasteiger partial charge is 0.240 e. The molecule has 8 nitrogen and oxygen atoms in total. The number of thioether (sulfide) groups is 1. The third-order valence-electron chi connectivity index (χ3n) is 5.03. The van der Waals surface area contributed by atoms with E-state index in [1.807, 2.05) is 6.92 Å². The molecule has 0 aliphatic heterocycles. The second-order valence-electron chi connectivity index (χ2n) is 7.50. The number of H-pyrrole nitrogens is 1. The molecule has 1 aromatic heterocycles. The van der Waals surface area contributed by atoms with E-state index in [4.69, 9.17) is 0 Å². The van der Waals surface area contributed by atoms with Gasteiger partial charge in [-0.2, -0.15) is 0 Å². The maximum atomic E-state index is 12.5. The summed E-state index contributed by atoms with van der Waals surface area (Å²) in [6, 6.07) is 6.84. The highest BCUT2D eigenvalue weighted by Crippen LogP contribution is 2.20. The van der Waals surface area contributed by atoms with Crippen LogP contribution in [0.15, 0.2) is 34.3 Å². The van der Waals surface area contributed by atoms with E-state index in [2.05, 4.69) is 25.2 Å². The first kappa shape index (κ1) is 22.8. The van der Waals surface area contributed by atoms with Gasteiger partial charge in [0.05, 0.1) is 4.90 Å². The Labute approximate surface area is 182 Å². The third-order valence-corrected chi connectivity index (χ3v) is 7.42. The lowest BCUT2D eigenvalue weighted by atomic mass is 9.96. The van der Waals surface area contributed by atoms with Gasteiger partial charge in [0.1, 0.15) is 5.82 Å². The van der Waals surface area contributed by atoms with Crippen molar-refractivity contribution in [3.05, 3.63) is 35.7 Å². The number of carbonyl (C=O) groups is 1. The van der Waals surface area contributed by atoms with E-state index in [0.717, 1.165) is 37.1 Å². The molecule has 1 heterocycles. The second kappa shape index (κ2) is 10.9. The molecule has 30 heavy (non-hydrogen) atoms. The predicted molar refractivity (Wildman–Crippen MR) is 117 cm³/mol. The molecule has 164 valence electrons. The number of sulfonamides is 1. The Balaban J connectivity index is 1.38. The minimum atomic E-state index is -3.49. The molecule has 1 amide bonds. The van der Waals surface area contributed by atoms with Crippen LogP contribution < -0.4 is 10.0 Å². The lowest BCUT2D eigenvalue weighted by Crippen LogP contribution is -2.36. The Morgan fingerprint density at radius 1 is 1.20 bits per heavy atom. The normalized spacial score (nSPS) is 15.2. The molecule has 1 aliphatic carbocycles. The van der Waals surface area contributed by atoms with Crippen LogP contribution in [-0.2, 0) is 21.2 Å². The molecule has 1 aliphatic rings. The molecule has 1 saturated carbocycles. The number of carbonyl (C=O) groups excluding carboxylic acids is 1. The van der Waals surface area contributed by atoms with Crippen LogP contribution in [0.1, 0.15) is 49.9 Å². The van der Waals surface area contributed by atoms with E-state index in [-0.39, 0.29) is 16.8 Å². The van der Waals surface area contributed by atoms with Crippen LogP contribution in [0.3, 0.4) is 0 Å². The van der Waals surface area contributed by atoms with Gasteiger partial charge in [-0.25, -0.2) is 18.1 Å². The van der Waals surface area contributed by atoms with Gasteiger partial charge >= 0.3 is 0 Å². The van der Waals surface area contributed by atoms with Crippen molar-refractivity contribution in [2.75, 3.05) is 12.3 Å². The molecule has 0 saturated heterocycles. The van der Waals surface area contributed by atoms with E-state index < -0.39 is 10.0 Å². The van der Waals surface area contributed by atoms with Crippen LogP contribution >= 0.6 is 11.8 Å². The third kappa shape index (κ3) is 7.10. The van der Waals surface area contributed by atoms with Crippen molar-refractivity contribution in [1.29, 1.82) is 0 Å². The number of hydrogen-bond donors (Lipinski definition) is 3. The highest BCUT2D eigenvalue weighted by Gasteiger charge is 2.21. The molecule has 1 aromatic carbocycles. The summed E-state index contributed by atoms with van der Waals surface area (Å²) in [5, 5.41) is 10.4. The van der Waals surface area contributed by atoms with Gasteiger partial charge in [0.2, 0.25) is 21.1 Å². The van der Waals surface area contributed by atoms with Gasteiger partial charge in [-0.15, -0.1) is 5.10 Å². The SMILES string of the molecule is Cc1nc(SCCNC(=O)CCc2ccc(S(=O)(=O)NC3CCCCC3)cc2)n[nH]1. The Kier molecular flexibility index (Phi) is 8.29. The molecular weight excluding hydrogens is 422 g/mol. The van der Waals surface area contributed by atoms with Crippen molar-refractivity contribution < 1.29 is 13.2 Å². The van der Waals surface area contributed by atoms with Gasteiger partial charge in [-0.1, -0.05) is 43.2 Å². The van der Waals surface area contributed by atoms with Crippen LogP contribution in [0, 0.1) is 6.92 Å². The molecular formula is C20H29N5O3S2. The first-order valence-corrected chi connectivity index (χ1v) is 12.8. The van der Waals surface area contributed by atoms with Crippen molar-refractivity contribution >= 4 is 27.7 Å². The zero-order chi connectivity index (χ0) is 21.4. The van der Waals surface area contributed by atoms with Crippen molar-refractivity contribution in [3.63, 3.8) is 0 Å². The standard InChI is InChI=1S/C20H29N5O3S2/c1-15-22-20(24-23-15)29-14-13-21-19(26)12-9-16-7-10-18(11-8-16)30(27,28)25-17-5-3-2-4-6-17/h7-8,10-11,17,25H,2-6,9,12-14H2,1H3,(H,21,26)(H,22,23,24). The first-order valence-electron chi connectivity index (χ1n) is 10.3. The van der Waals surface area contributed by atoms with Gasteiger partial charge < -0.3 is 5.32 Å². The summed E-state index contributed by atoms with van der Waals surface area (Å²) in [6.45, 7) is 2.38. The number of aromatic nitrogens is 3. The number of aromatic amines is 1. The zero-order valence-corrected chi connectivity index (χ0v) is 18.8. The zero-order valence-electron chi connectivity index (χ0n) is 17.2. The van der Waals surface area contributed by atoms with E-state index in [1.165, 1.54) is 18.2 Å². The van der Waals surface area contributed by atoms with E-state index >= 15 is 0 Å². The second-order valence-corrected chi connectivity index (χ2v) is 10.3. The number of amides is 1. The van der Waals surface area contributed by atoms with E-state index in [1.54, 1.807) is 24.3 Å². The topological polar surface area (TPSA) is 117 Å². The molecule has 0 radical (unpaired) electrons. The highest BCUT2D eigenvalue weighted by molar-refractivity contribution is 7.99. The van der Waals surface area contributed by atoms with Crippen molar-refractivity contribution in [3.8, 4) is 0 Å². The summed E-state index contributed by atoms with van der Waals surface area (Å²) >= 11 is 1.48. The van der Waals surface area contributed by atoms with Crippen molar-refractivity contribution in [2.45, 2.75) is 68.0 Å². The Hall–Kier alpha value is -1.91. The summed E-state index contributed by atoms with van der Waals surface area (Å²) in [5.74, 6) is 1.44. The number of aryl methyl sites for hydroxylation is 2. The quantitative estimate of drug-likeness (QED) is 0.378. The Morgan fingerprint density at radius 2 is 1.93 bits per heavy atom. The molecule has 0 unspecified atom stereocenters. The molecule has 0 spiro atoms. The average Bonchev–Trinajstić information content (AvgIpc) is 3.15. The monoisotopic (exact) mass is 451 g/mol. The lowest BCUT2D eigenvalue weighted by Gasteiger charge is -2.22. The summed E-state index contributed by atoms with van der Waals surface area (Å²) in [4.78, 5) is 16.5. The Bertz CT molecular complexity index is 922. The summed E-state index contributed by atoms with van der Waals surface area (Å²) in [7, 11) is -3.49. The number of nitrogens with one attached hydrogen (secondary N) is 3. The average molecular weight is 452 g/mol. The number of benzene rings is 1. The Morgan fingerprint density at radius 3 is 2.60 bits per heavy atom. The van der Waals surface area contributed by atoms with Crippen LogP contribution in [0.5, 0.6) is 0 Å². The van der Waals surface area contributed by atoms with Gasteiger partial charge in [-0.05, 0) is 43.9 Å². The van der Waals surface area contributed by atoms with Gasteiger partial charge in [0, 0.05) is 24.8 Å². The van der Waals surface area contributed by atoms with Crippen LogP contribution in [0.4, 0.5) is 0 Å². The lowest BCUT2D eigenvalue weighted by molar-refractivity contribution is -0.120. The van der Waals surface area contributed by atoms with Crippen molar-refractivity contribution in [1.82, 2.24) is 25.2 Å². The molecule has 0 bridgehead atoms. The van der Waals surface area contributed by atoms with Gasteiger partial charge in [-0.3, -0.25) is 9.89 Å². The molecule has 3 N–H and O–H groups in total. The predicted octanol–water partition coefficient (Wildman–Crippen LogP) is 2.57. The van der Waals surface area contributed by atoms with Crippen LogP contribution in [0.2, 0.25) is 0 Å². The fourth-order valence-corrected chi connectivity index (χ4v) is 5.41. The minimum absolute atomic E-state index is 0.0302. The fourth-order valence-electron chi connectivity index (χ4n) is 3.41. The van der Waals surface area contributed by atoms with Gasteiger partial charge in [0.25, 0.3) is 0 Å². The molecule has 3 rings (SSSR count). The molecule has 1 fully saturated rings. The van der Waals surface area contributed by atoms with Crippen LogP contribution in [0.25, 0.3) is 0 Å².